The number of hydrogen-bond donors (Lipinski definition) is 1. The summed E-state index contributed by atoms with van der Waals surface area (Å²) in [6.45, 7) is 1.43. The smallest absolute Gasteiger partial charge is 0.326 e. The van der Waals surface area contributed by atoms with E-state index in [1.165, 1.54) is 0 Å². The Balaban J connectivity index is 1.47. The highest BCUT2D eigenvalue weighted by atomic mass is 16.5. The van der Waals surface area contributed by atoms with Gasteiger partial charge >= 0.3 is 5.69 Å². The first-order valence-corrected chi connectivity index (χ1v) is 8.60. The molecule has 1 aromatic carbocycles. The van der Waals surface area contributed by atoms with Gasteiger partial charge in [0.25, 0.3) is 5.91 Å². The van der Waals surface area contributed by atoms with E-state index >= 15 is 0 Å². The second-order valence-electron chi connectivity index (χ2n) is 6.45. The molecule has 1 aliphatic heterocycles. The van der Waals surface area contributed by atoms with Crippen molar-refractivity contribution in [3.8, 4) is 0 Å². The largest absolute Gasteiger partial charge is 0.377 e. The summed E-state index contributed by atoms with van der Waals surface area (Å²) in [6.07, 6.45) is 1.44. The number of para-hydroxylation sites is 2. The second-order valence-corrected chi connectivity index (χ2v) is 6.45. The van der Waals surface area contributed by atoms with Crippen molar-refractivity contribution < 1.29 is 14.1 Å². The highest BCUT2D eigenvalue weighted by molar-refractivity contribution is 5.92. The van der Waals surface area contributed by atoms with E-state index in [2.05, 4.69) is 10.1 Å². The molecular weight excluding hydrogens is 336 g/mol. The molecule has 1 amide bonds. The van der Waals surface area contributed by atoms with Crippen LogP contribution in [-0.2, 0) is 11.3 Å². The molecule has 0 aliphatic carbocycles. The van der Waals surface area contributed by atoms with E-state index in [1.54, 1.807) is 18.1 Å². The predicted octanol–water partition coefficient (Wildman–Crippen LogP) is 1.94. The molecule has 1 N–H and O–H groups in total. The normalized spacial score (nSPS) is 15.7. The number of rotatable bonds is 4. The minimum atomic E-state index is -0.152. The molecule has 2 aromatic heterocycles. The molecule has 26 heavy (non-hydrogen) atoms. The Bertz CT molecular complexity index is 978. The third kappa shape index (κ3) is 2.92. The molecule has 8 nitrogen and oxygen atoms in total. The van der Waals surface area contributed by atoms with Crippen LogP contribution in [0.4, 0.5) is 0 Å². The van der Waals surface area contributed by atoms with Crippen LogP contribution in [0.15, 0.2) is 39.6 Å². The number of H-pyrrole nitrogens is 1. The molecule has 136 valence electrons. The molecule has 0 bridgehead atoms. The van der Waals surface area contributed by atoms with Gasteiger partial charge in [0.05, 0.1) is 11.0 Å². The Morgan fingerprint density at radius 3 is 2.88 bits per heavy atom. The van der Waals surface area contributed by atoms with Gasteiger partial charge in [-0.3, -0.25) is 9.36 Å². The Morgan fingerprint density at radius 2 is 2.12 bits per heavy atom. The summed E-state index contributed by atoms with van der Waals surface area (Å²) in [5, 5.41) is 3.83. The van der Waals surface area contributed by atoms with Gasteiger partial charge in [-0.15, -0.1) is 0 Å². The maximum absolute atomic E-state index is 12.6. The molecule has 3 aromatic rings. The van der Waals surface area contributed by atoms with Gasteiger partial charge in [-0.05, 0) is 25.0 Å². The molecule has 0 spiro atoms. The number of aromatic amines is 1. The van der Waals surface area contributed by atoms with Crippen molar-refractivity contribution in [3.63, 3.8) is 0 Å². The summed E-state index contributed by atoms with van der Waals surface area (Å²) in [5.74, 6) is 0.372. The van der Waals surface area contributed by atoms with Gasteiger partial charge in [-0.2, -0.15) is 0 Å². The molecule has 0 unspecified atom stereocenters. The first-order valence-electron chi connectivity index (χ1n) is 8.60. The van der Waals surface area contributed by atoms with E-state index in [-0.39, 0.29) is 24.2 Å². The van der Waals surface area contributed by atoms with Crippen LogP contribution in [0.3, 0.4) is 0 Å². The first kappa shape index (κ1) is 16.6. The van der Waals surface area contributed by atoms with Gasteiger partial charge < -0.3 is 19.1 Å². The summed E-state index contributed by atoms with van der Waals surface area (Å²) in [6, 6.07) is 9.35. The zero-order chi connectivity index (χ0) is 18.1. The fourth-order valence-electron chi connectivity index (χ4n) is 3.55. The number of likely N-dealkylation sites (tertiary alicyclic amines) is 1. The van der Waals surface area contributed by atoms with Crippen LogP contribution in [0.1, 0.15) is 35.1 Å². The average molecular weight is 356 g/mol. The molecule has 0 saturated carbocycles. The number of hydrogen-bond acceptors (Lipinski definition) is 5. The summed E-state index contributed by atoms with van der Waals surface area (Å²) in [7, 11) is 1.56. The van der Waals surface area contributed by atoms with Gasteiger partial charge in [-0.25, -0.2) is 4.79 Å². The lowest BCUT2D eigenvalue weighted by Crippen LogP contribution is -2.40. The third-order valence-corrected chi connectivity index (χ3v) is 4.81. The minimum absolute atomic E-state index is 0.0732. The number of fused-ring (bicyclic) bond motifs is 1. The Kier molecular flexibility index (Phi) is 4.34. The SMILES string of the molecule is COCc1cc(C(=O)N2CCC(n3c(=O)[nH]c4ccccc43)CC2)no1. The summed E-state index contributed by atoms with van der Waals surface area (Å²) >= 11 is 0. The standard InChI is InChI=1S/C18H20N4O4/c1-25-11-13-10-15(20-26-13)17(23)21-8-6-12(7-9-21)22-16-5-3-2-4-14(16)19-18(22)24/h2-5,10,12H,6-9,11H2,1H3,(H,19,24). The Labute approximate surface area is 149 Å². The van der Waals surface area contributed by atoms with Gasteiger partial charge in [0.1, 0.15) is 6.61 Å². The fourth-order valence-corrected chi connectivity index (χ4v) is 3.55. The fraction of sp³-hybridized carbons (Fsp3) is 0.389. The lowest BCUT2D eigenvalue weighted by molar-refractivity contribution is 0.0684. The van der Waals surface area contributed by atoms with Crippen molar-refractivity contribution in [1.29, 1.82) is 0 Å². The van der Waals surface area contributed by atoms with Crippen molar-refractivity contribution in [2.45, 2.75) is 25.5 Å². The first-order chi connectivity index (χ1) is 12.7. The molecule has 1 aliphatic rings. The molecule has 3 heterocycles. The van der Waals surface area contributed by atoms with Crippen molar-refractivity contribution >= 4 is 16.9 Å². The lowest BCUT2D eigenvalue weighted by Gasteiger charge is -2.32. The number of benzene rings is 1. The van der Waals surface area contributed by atoms with Crippen LogP contribution in [-0.4, -0.2) is 45.7 Å². The number of nitrogens with one attached hydrogen (secondary N) is 1. The summed E-state index contributed by atoms with van der Waals surface area (Å²) < 4.78 is 11.9. The van der Waals surface area contributed by atoms with E-state index in [4.69, 9.17) is 9.26 Å². The van der Waals surface area contributed by atoms with Crippen LogP contribution in [0, 0.1) is 0 Å². The molecule has 4 rings (SSSR count). The monoisotopic (exact) mass is 356 g/mol. The van der Waals surface area contributed by atoms with Crippen LogP contribution in [0.25, 0.3) is 11.0 Å². The maximum atomic E-state index is 12.6. The van der Waals surface area contributed by atoms with E-state index < -0.39 is 0 Å². The zero-order valence-corrected chi connectivity index (χ0v) is 14.5. The number of methoxy groups -OCH3 is 1. The molecule has 0 atom stereocenters. The molecule has 1 saturated heterocycles. The van der Waals surface area contributed by atoms with Crippen LogP contribution < -0.4 is 5.69 Å². The number of amides is 1. The zero-order valence-electron chi connectivity index (χ0n) is 14.5. The number of nitrogens with zero attached hydrogens (tertiary/aromatic N) is 3. The third-order valence-electron chi connectivity index (χ3n) is 4.81. The molecule has 8 heteroatoms. The van der Waals surface area contributed by atoms with Crippen molar-refractivity contribution in [1.82, 2.24) is 19.6 Å². The van der Waals surface area contributed by atoms with Gasteiger partial charge in [0.15, 0.2) is 11.5 Å². The van der Waals surface area contributed by atoms with Crippen molar-refractivity contribution in [3.05, 3.63) is 52.3 Å². The highest BCUT2D eigenvalue weighted by Crippen LogP contribution is 2.25. The van der Waals surface area contributed by atoms with Crippen LogP contribution in [0.2, 0.25) is 0 Å². The Morgan fingerprint density at radius 1 is 1.35 bits per heavy atom. The quantitative estimate of drug-likeness (QED) is 0.771. The average Bonchev–Trinajstić information content (AvgIpc) is 3.25. The van der Waals surface area contributed by atoms with Crippen LogP contribution >= 0.6 is 0 Å². The topological polar surface area (TPSA) is 93.4 Å². The Hall–Kier alpha value is -2.87. The molecular formula is C18H20N4O4. The minimum Gasteiger partial charge on any atom is -0.377 e. The molecule has 0 radical (unpaired) electrons. The highest BCUT2D eigenvalue weighted by Gasteiger charge is 2.28. The van der Waals surface area contributed by atoms with Crippen molar-refractivity contribution in [2.24, 2.45) is 0 Å². The summed E-state index contributed by atoms with van der Waals surface area (Å²) in [4.78, 5) is 29.6. The van der Waals surface area contributed by atoms with Crippen LogP contribution in [0.5, 0.6) is 0 Å². The predicted molar refractivity (Wildman–Crippen MR) is 93.9 cm³/mol. The van der Waals surface area contributed by atoms with E-state index in [9.17, 15) is 9.59 Å². The number of imidazole rings is 1. The van der Waals surface area contributed by atoms with Gasteiger partial charge in [0.2, 0.25) is 0 Å². The number of carbonyl (C=O) groups is 1. The number of carbonyl (C=O) groups excluding carboxylic acids is 1. The van der Waals surface area contributed by atoms with E-state index in [0.29, 0.717) is 24.5 Å². The number of piperidine rings is 1. The number of ether oxygens (including phenoxy) is 1. The van der Waals surface area contributed by atoms with E-state index in [1.807, 2.05) is 28.8 Å². The van der Waals surface area contributed by atoms with Crippen molar-refractivity contribution in [2.75, 3.05) is 20.2 Å². The summed E-state index contributed by atoms with van der Waals surface area (Å²) in [5.41, 5.74) is 1.93. The van der Waals surface area contributed by atoms with Gasteiger partial charge in [-0.1, -0.05) is 17.3 Å². The van der Waals surface area contributed by atoms with E-state index in [0.717, 1.165) is 23.9 Å². The second kappa shape index (κ2) is 6.80. The number of aromatic nitrogens is 3. The van der Waals surface area contributed by atoms with Gasteiger partial charge in [0, 0.05) is 32.3 Å². The lowest BCUT2D eigenvalue weighted by atomic mass is 10.0. The maximum Gasteiger partial charge on any atom is 0.326 e. The molecule has 1 fully saturated rings.